The Labute approximate surface area is 168 Å². The maximum atomic E-state index is 12.5. The largest absolute Gasteiger partial charge is 0.493 e. The van der Waals surface area contributed by atoms with Crippen LogP contribution in [0.15, 0.2) is 35.9 Å². The number of amides is 1. The molecule has 0 unspecified atom stereocenters. The van der Waals surface area contributed by atoms with Gasteiger partial charge >= 0.3 is 0 Å². The van der Waals surface area contributed by atoms with Crippen LogP contribution in [-0.2, 0) is 4.79 Å². The fraction of sp³-hybridized carbons (Fsp3) is 0.200. The first kappa shape index (κ1) is 20.6. The van der Waals surface area contributed by atoms with Crippen LogP contribution in [0.25, 0.3) is 6.08 Å². The molecule has 0 saturated heterocycles. The molecule has 1 N–H and O–H groups in total. The number of nitriles is 1. The Morgan fingerprint density at radius 1 is 1.26 bits per heavy atom. The number of carbonyl (C=O) groups is 1. The minimum absolute atomic E-state index is 0.108. The maximum Gasteiger partial charge on any atom is 0.266 e. The van der Waals surface area contributed by atoms with Crippen molar-refractivity contribution in [3.8, 4) is 17.6 Å². The average molecular weight is 405 g/mol. The van der Waals surface area contributed by atoms with Crippen molar-refractivity contribution in [1.82, 2.24) is 0 Å². The summed E-state index contributed by atoms with van der Waals surface area (Å²) in [5, 5.41) is 13.0. The molecule has 2 aromatic carbocycles. The van der Waals surface area contributed by atoms with E-state index in [1.165, 1.54) is 13.2 Å². The average Bonchev–Trinajstić information content (AvgIpc) is 2.65. The molecule has 0 aromatic heterocycles. The Bertz CT molecular complexity index is 934. The van der Waals surface area contributed by atoms with Crippen molar-refractivity contribution >= 4 is 40.9 Å². The fourth-order valence-electron chi connectivity index (χ4n) is 2.33. The number of nitrogens with zero attached hydrogens (tertiary/aromatic N) is 1. The van der Waals surface area contributed by atoms with Crippen LogP contribution in [0.5, 0.6) is 11.5 Å². The van der Waals surface area contributed by atoms with Crippen LogP contribution < -0.4 is 14.8 Å². The fourth-order valence-corrected chi connectivity index (χ4v) is 2.71. The normalized spacial score (nSPS) is 10.9. The van der Waals surface area contributed by atoms with Crippen molar-refractivity contribution < 1.29 is 14.3 Å². The number of anilines is 1. The van der Waals surface area contributed by atoms with Gasteiger partial charge in [-0.05, 0) is 49.2 Å². The Balaban J connectivity index is 2.37. The molecule has 0 spiro atoms. The summed E-state index contributed by atoms with van der Waals surface area (Å²) in [5.41, 5.74) is 1.61. The van der Waals surface area contributed by atoms with Crippen molar-refractivity contribution in [2.75, 3.05) is 19.0 Å². The number of hydrogen-bond donors (Lipinski definition) is 1. The number of nitrogens with one attached hydrogen (secondary N) is 1. The highest BCUT2D eigenvalue weighted by Gasteiger charge is 2.15. The Morgan fingerprint density at radius 2 is 2.00 bits per heavy atom. The summed E-state index contributed by atoms with van der Waals surface area (Å²) >= 11 is 12.3. The minimum atomic E-state index is -0.562. The zero-order chi connectivity index (χ0) is 20.0. The van der Waals surface area contributed by atoms with Gasteiger partial charge in [-0.1, -0.05) is 29.3 Å². The summed E-state index contributed by atoms with van der Waals surface area (Å²) in [6.45, 7) is 4.05. The molecule has 0 saturated carbocycles. The van der Waals surface area contributed by atoms with Crippen LogP contribution in [0, 0.1) is 18.3 Å². The second-order valence-electron chi connectivity index (χ2n) is 5.49. The molecule has 2 rings (SSSR count). The SMILES string of the molecule is CCOc1cc(/C=C(\C#N)C(=O)Nc2cccc(Cl)c2C)c(Cl)cc1OC. The van der Waals surface area contributed by atoms with Crippen LogP contribution in [0.2, 0.25) is 10.0 Å². The van der Waals surface area contributed by atoms with Gasteiger partial charge in [0.15, 0.2) is 11.5 Å². The van der Waals surface area contributed by atoms with Crippen LogP contribution >= 0.6 is 23.2 Å². The molecular weight excluding hydrogens is 387 g/mol. The van der Waals surface area contributed by atoms with Gasteiger partial charge < -0.3 is 14.8 Å². The zero-order valence-corrected chi connectivity index (χ0v) is 16.6. The van der Waals surface area contributed by atoms with E-state index in [1.807, 2.05) is 13.0 Å². The predicted octanol–water partition coefficient (Wildman–Crippen LogP) is 5.25. The highest BCUT2D eigenvalue weighted by Crippen LogP contribution is 2.34. The van der Waals surface area contributed by atoms with Gasteiger partial charge in [-0.2, -0.15) is 5.26 Å². The van der Waals surface area contributed by atoms with E-state index in [4.69, 9.17) is 32.7 Å². The van der Waals surface area contributed by atoms with Gasteiger partial charge in [0.25, 0.3) is 5.91 Å². The smallest absolute Gasteiger partial charge is 0.266 e. The van der Waals surface area contributed by atoms with E-state index in [2.05, 4.69) is 5.32 Å². The first-order chi connectivity index (χ1) is 12.9. The third-order valence-electron chi connectivity index (χ3n) is 3.76. The summed E-state index contributed by atoms with van der Waals surface area (Å²) in [7, 11) is 1.51. The second-order valence-corrected chi connectivity index (χ2v) is 6.31. The summed E-state index contributed by atoms with van der Waals surface area (Å²) in [6.07, 6.45) is 1.40. The summed E-state index contributed by atoms with van der Waals surface area (Å²) in [6, 6.07) is 10.2. The van der Waals surface area contributed by atoms with Gasteiger partial charge in [0.1, 0.15) is 11.6 Å². The molecule has 0 bridgehead atoms. The summed E-state index contributed by atoms with van der Waals surface area (Å²) in [5.74, 6) is 0.378. The molecule has 27 heavy (non-hydrogen) atoms. The Kier molecular flexibility index (Phi) is 7.12. The number of methoxy groups -OCH3 is 1. The zero-order valence-electron chi connectivity index (χ0n) is 15.1. The molecule has 0 aliphatic rings. The van der Waals surface area contributed by atoms with E-state index in [9.17, 15) is 10.1 Å². The van der Waals surface area contributed by atoms with E-state index < -0.39 is 5.91 Å². The Morgan fingerprint density at radius 3 is 2.63 bits per heavy atom. The summed E-state index contributed by atoms with van der Waals surface area (Å²) in [4.78, 5) is 12.5. The van der Waals surface area contributed by atoms with E-state index in [1.54, 1.807) is 37.3 Å². The quantitative estimate of drug-likeness (QED) is 0.526. The van der Waals surface area contributed by atoms with Crippen LogP contribution in [0.3, 0.4) is 0 Å². The molecule has 0 radical (unpaired) electrons. The molecule has 0 aliphatic heterocycles. The van der Waals surface area contributed by atoms with Crippen LogP contribution in [0.4, 0.5) is 5.69 Å². The van der Waals surface area contributed by atoms with Crippen molar-refractivity contribution in [3.63, 3.8) is 0 Å². The second kappa shape index (κ2) is 9.31. The van der Waals surface area contributed by atoms with Gasteiger partial charge in [-0.3, -0.25) is 4.79 Å². The van der Waals surface area contributed by atoms with Crippen molar-refractivity contribution in [3.05, 3.63) is 57.1 Å². The van der Waals surface area contributed by atoms with Crippen LogP contribution in [-0.4, -0.2) is 19.6 Å². The van der Waals surface area contributed by atoms with Crippen molar-refractivity contribution in [2.45, 2.75) is 13.8 Å². The highest BCUT2D eigenvalue weighted by molar-refractivity contribution is 6.32. The van der Waals surface area contributed by atoms with Gasteiger partial charge in [0.2, 0.25) is 0 Å². The van der Waals surface area contributed by atoms with Crippen LogP contribution in [0.1, 0.15) is 18.1 Å². The van der Waals surface area contributed by atoms with Gasteiger partial charge in [0.05, 0.1) is 18.7 Å². The number of halogens is 2. The van der Waals surface area contributed by atoms with Gasteiger partial charge in [-0.25, -0.2) is 0 Å². The number of carbonyl (C=O) groups excluding carboxylic acids is 1. The highest BCUT2D eigenvalue weighted by atomic mass is 35.5. The molecule has 0 fully saturated rings. The van der Waals surface area contributed by atoms with E-state index in [0.29, 0.717) is 45.0 Å². The van der Waals surface area contributed by atoms with E-state index in [0.717, 1.165) is 0 Å². The third kappa shape index (κ3) is 4.94. The van der Waals surface area contributed by atoms with E-state index >= 15 is 0 Å². The Hall–Kier alpha value is -2.68. The molecular formula is C20H18Cl2N2O3. The standard InChI is InChI=1S/C20H18Cl2N2O3/c1-4-27-19-9-13(16(22)10-18(19)26-3)8-14(11-23)20(25)24-17-7-5-6-15(21)12(17)2/h5-10H,4H2,1-3H3,(H,24,25)/b14-8+. The maximum absolute atomic E-state index is 12.5. The lowest BCUT2D eigenvalue weighted by atomic mass is 10.1. The van der Waals surface area contributed by atoms with Gasteiger partial charge in [-0.15, -0.1) is 0 Å². The van der Waals surface area contributed by atoms with E-state index in [-0.39, 0.29) is 5.57 Å². The van der Waals surface area contributed by atoms with Gasteiger partial charge in [0, 0.05) is 16.8 Å². The molecule has 5 nitrogen and oxygen atoms in total. The minimum Gasteiger partial charge on any atom is -0.493 e. The third-order valence-corrected chi connectivity index (χ3v) is 4.50. The topological polar surface area (TPSA) is 71.3 Å². The number of hydrogen-bond acceptors (Lipinski definition) is 4. The lowest BCUT2D eigenvalue weighted by Gasteiger charge is -2.12. The molecule has 2 aromatic rings. The number of ether oxygens (including phenoxy) is 2. The monoisotopic (exact) mass is 404 g/mol. The van der Waals surface area contributed by atoms with Crippen molar-refractivity contribution in [1.29, 1.82) is 5.26 Å². The molecule has 140 valence electrons. The first-order valence-electron chi connectivity index (χ1n) is 8.09. The molecule has 1 amide bonds. The molecule has 0 heterocycles. The summed E-state index contributed by atoms with van der Waals surface area (Å²) < 4.78 is 10.7. The number of rotatable bonds is 6. The first-order valence-corrected chi connectivity index (χ1v) is 8.85. The molecule has 0 aliphatic carbocycles. The molecule has 7 heteroatoms. The lowest BCUT2D eigenvalue weighted by Crippen LogP contribution is -2.14. The lowest BCUT2D eigenvalue weighted by molar-refractivity contribution is -0.112. The number of benzene rings is 2. The predicted molar refractivity (Wildman–Crippen MR) is 108 cm³/mol. The van der Waals surface area contributed by atoms with Crippen molar-refractivity contribution in [2.24, 2.45) is 0 Å². The molecule has 0 atom stereocenters.